The first kappa shape index (κ1) is 21.8. The number of carbonyl (C=O) groups excluding carboxylic acids is 1. The zero-order chi connectivity index (χ0) is 20.1. The number of benzene rings is 1. The maximum absolute atomic E-state index is 13.2. The van der Waals surface area contributed by atoms with Gasteiger partial charge in [-0.2, -0.15) is 13.2 Å². The third-order valence-corrected chi connectivity index (χ3v) is 4.01. The number of amides is 1. The Balaban J connectivity index is 0.000000412. The Labute approximate surface area is 146 Å². The Morgan fingerprint density at radius 2 is 1.69 bits per heavy atom. The van der Waals surface area contributed by atoms with E-state index in [0.29, 0.717) is 0 Å². The summed E-state index contributed by atoms with van der Waals surface area (Å²) < 4.78 is 57.7. The second-order valence-corrected chi connectivity index (χ2v) is 5.86. The van der Waals surface area contributed by atoms with E-state index in [1.54, 1.807) is 11.9 Å². The molecule has 26 heavy (non-hydrogen) atoms. The van der Waals surface area contributed by atoms with E-state index >= 15 is 0 Å². The van der Waals surface area contributed by atoms with E-state index in [1.165, 1.54) is 6.07 Å². The highest BCUT2D eigenvalue weighted by atomic mass is 19.4. The van der Waals surface area contributed by atoms with Gasteiger partial charge in [-0.05, 0) is 31.0 Å². The summed E-state index contributed by atoms with van der Waals surface area (Å²) in [5.41, 5.74) is 6.17. The topological polar surface area (TPSA) is 83.6 Å². The van der Waals surface area contributed by atoms with Gasteiger partial charge in [-0.3, -0.25) is 4.79 Å². The van der Waals surface area contributed by atoms with Crippen molar-refractivity contribution in [2.75, 3.05) is 7.05 Å². The summed E-state index contributed by atoms with van der Waals surface area (Å²) in [5, 5.41) is 7.12. The molecule has 0 spiro atoms. The molecule has 0 aliphatic heterocycles. The number of nitrogens with two attached hydrogens (primary N) is 1. The first-order valence-electron chi connectivity index (χ1n) is 7.73. The molecule has 1 aromatic carbocycles. The molecule has 146 valence electrons. The van der Waals surface area contributed by atoms with Crippen LogP contribution in [0.3, 0.4) is 0 Å². The quantitative estimate of drug-likeness (QED) is 0.771. The average Bonchev–Trinajstić information content (AvgIpc) is 2.56. The van der Waals surface area contributed by atoms with Gasteiger partial charge in [-0.25, -0.2) is 13.6 Å². The molecule has 0 unspecified atom stereocenters. The van der Waals surface area contributed by atoms with Gasteiger partial charge in [0.1, 0.15) is 0 Å². The third-order valence-electron chi connectivity index (χ3n) is 4.01. The molecule has 1 aliphatic rings. The third kappa shape index (κ3) is 5.94. The Morgan fingerprint density at radius 3 is 2.15 bits per heavy atom. The number of carboxylic acid groups (broad SMARTS) is 1. The zero-order valence-electron chi connectivity index (χ0n) is 13.9. The molecule has 0 aromatic heterocycles. The van der Waals surface area contributed by atoms with Gasteiger partial charge < -0.3 is 15.7 Å². The molecule has 2 rings (SSSR count). The lowest BCUT2D eigenvalue weighted by Gasteiger charge is -2.36. The van der Waals surface area contributed by atoms with Crippen LogP contribution in [0.2, 0.25) is 0 Å². The van der Waals surface area contributed by atoms with Crippen LogP contribution in [-0.2, 0) is 4.79 Å². The van der Waals surface area contributed by atoms with Crippen molar-refractivity contribution in [3.05, 3.63) is 35.4 Å². The van der Waals surface area contributed by atoms with Crippen molar-refractivity contribution in [1.82, 2.24) is 4.90 Å². The van der Waals surface area contributed by atoms with E-state index in [9.17, 15) is 26.7 Å². The van der Waals surface area contributed by atoms with Crippen molar-refractivity contribution in [3.8, 4) is 0 Å². The number of aliphatic carboxylic acids is 1. The maximum atomic E-state index is 13.2. The SMILES string of the molecule is CN(C(=O)c1ccc(F)c(F)c1)[C@@H]1CCCC[C@H]1N.O=C(O)C(F)(F)F. The van der Waals surface area contributed by atoms with E-state index in [2.05, 4.69) is 0 Å². The van der Waals surface area contributed by atoms with Crippen molar-refractivity contribution in [3.63, 3.8) is 0 Å². The fourth-order valence-electron chi connectivity index (χ4n) is 2.60. The number of likely N-dealkylation sites (N-methyl/N-ethyl adjacent to an activating group) is 1. The number of nitrogens with zero attached hydrogens (tertiary/aromatic N) is 1. The molecule has 1 aliphatic carbocycles. The minimum absolute atomic E-state index is 0.0330. The van der Waals surface area contributed by atoms with E-state index in [4.69, 9.17) is 15.6 Å². The number of halogens is 5. The van der Waals surface area contributed by atoms with Gasteiger partial charge in [0.25, 0.3) is 5.91 Å². The predicted molar refractivity (Wildman–Crippen MR) is 82.4 cm³/mol. The molecular weight excluding hydrogens is 363 g/mol. The summed E-state index contributed by atoms with van der Waals surface area (Å²) in [7, 11) is 1.67. The highest BCUT2D eigenvalue weighted by molar-refractivity contribution is 5.94. The minimum Gasteiger partial charge on any atom is -0.475 e. The number of alkyl halides is 3. The lowest BCUT2D eigenvalue weighted by Crippen LogP contribution is -2.50. The molecular formula is C16H19F5N2O3. The standard InChI is InChI=1S/C14H18F2N2O.C2HF3O2/c1-18(13-5-3-2-4-12(13)17)14(19)9-6-7-10(15)11(16)8-9;3-2(4,5)1(6)7/h6-8,12-13H,2-5,17H2,1H3;(H,6,7)/t12-,13-;/m1./s1. The van der Waals surface area contributed by atoms with Crippen molar-refractivity contribution in [2.45, 2.75) is 43.9 Å². The van der Waals surface area contributed by atoms with Crippen LogP contribution in [0.25, 0.3) is 0 Å². The van der Waals surface area contributed by atoms with E-state index < -0.39 is 23.8 Å². The van der Waals surface area contributed by atoms with Crippen LogP contribution in [0, 0.1) is 11.6 Å². The van der Waals surface area contributed by atoms with Gasteiger partial charge in [0.2, 0.25) is 0 Å². The van der Waals surface area contributed by atoms with Crippen LogP contribution in [-0.4, -0.2) is 47.2 Å². The molecule has 1 aromatic rings. The van der Waals surface area contributed by atoms with Crippen LogP contribution in [0.4, 0.5) is 22.0 Å². The highest BCUT2D eigenvalue weighted by Crippen LogP contribution is 2.22. The van der Waals surface area contributed by atoms with Gasteiger partial charge in [0, 0.05) is 24.7 Å². The fraction of sp³-hybridized carbons (Fsp3) is 0.500. The smallest absolute Gasteiger partial charge is 0.475 e. The molecule has 0 radical (unpaired) electrons. The van der Waals surface area contributed by atoms with Crippen LogP contribution in [0.15, 0.2) is 18.2 Å². The molecule has 0 bridgehead atoms. The highest BCUT2D eigenvalue weighted by Gasteiger charge is 2.38. The summed E-state index contributed by atoms with van der Waals surface area (Å²) in [4.78, 5) is 22.7. The lowest BCUT2D eigenvalue weighted by atomic mass is 9.90. The molecule has 1 saturated carbocycles. The van der Waals surface area contributed by atoms with Crippen molar-refractivity contribution in [1.29, 1.82) is 0 Å². The number of hydrogen-bond donors (Lipinski definition) is 2. The summed E-state index contributed by atoms with van der Waals surface area (Å²) in [6.45, 7) is 0. The number of carboxylic acids is 1. The largest absolute Gasteiger partial charge is 0.490 e. The number of rotatable bonds is 2. The monoisotopic (exact) mass is 382 g/mol. The van der Waals surface area contributed by atoms with Crippen molar-refractivity contribution < 1.29 is 36.6 Å². The second-order valence-electron chi connectivity index (χ2n) is 5.86. The molecule has 0 heterocycles. The fourth-order valence-corrected chi connectivity index (χ4v) is 2.60. The Bertz CT molecular complexity index is 651. The number of hydrogen-bond acceptors (Lipinski definition) is 3. The van der Waals surface area contributed by atoms with Crippen LogP contribution >= 0.6 is 0 Å². The Hall–Kier alpha value is -2.23. The Morgan fingerprint density at radius 1 is 1.15 bits per heavy atom. The zero-order valence-corrected chi connectivity index (χ0v) is 13.9. The van der Waals surface area contributed by atoms with Crippen LogP contribution in [0.5, 0.6) is 0 Å². The summed E-state index contributed by atoms with van der Waals surface area (Å²) in [6, 6.07) is 3.12. The first-order valence-corrected chi connectivity index (χ1v) is 7.73. The molecule has 2 atom stereocenters. The number of carbonyl (C=O) groups is 2. The van der Waals surface area contributed by atoms with Crippen LogP contribution in [0.1, 0.15) is 36.0 Å². The average molecular weight is 382 g/mol. The predicted octanol–water partition coefficient (Wildman–Crippen LogP) is 2.94. The molecule has 0 saturated heterocycles. The molecule has 1 fully saturated rings. The van der Waals surface area contributed by atoms with Gasteiger partial charge in [-0.1, -0.05) is 12.8 Å². The van der Waals surface area contributed by atoms with E-state index in [-0.39, 0.29) is 23.6 Å². The van der Waals surface area contributed by atoms with Crippen LogP contribution < -0.4 is 5.73 Å². The van der Waals surface area contributed by atoms with E-state index in [0.717, 1.165) is 37.8 Å². The maximum Gasteiger partial charge on any atom is 0.490 e. The molecule has 1 amide bonds. The minimum atomic E-state index is -5.08. The molecule has 10 heteroatoms. The van der Waals surface area contributed by atoms with Gasteiger partial charge in [-0.15, -0.1) is 0 Å². The molecule has 3 N–H and O–H groups in total. The summed E-state index contributed by atoms with van der Waals surface area (Å²) >= 11 is 0. The summed E-state index contributed by atoms with van der Waals surface area (Å²) in [5.74, 6) is -5.03. The first-order chi connectivity index (χ1) is 11.9. The molecule has 5 nitrogen and oxygen atoms in total. The van der Waals surface area contributed by atoms with Gasteiger partial charge >= 0.3 is 12.1 Å². The summed E-state index contributed by atoms with van der Waals surface area (Å²) in [6.07, 6.45) is -1.23. The van der Waals surface area contributed by atoms with E-state index in [1.807, 2.05) is 0 Å². The second kappa shape index (κ2) is 8.93. The van der Waals surface area contributed by atoms with Gasteiger partial charge in [0.15, 0.2) is 11.6 Å². The van der Waals surface area contributed by atoms with Crippen molar-refractivity contribution >= 4 is 11.9 Å². The normalized spacial score (nSPS) is 20.0. The van der Waals surface area contributed by atoms with Gasteiger partial charge in [0.05, 0.1) is 0 Å². The van der Waals surface area contributed by atoms with Crippen molar-refractivity contribution in [2.24, 2.45) is 5.73 Å². The Kier molecular flexibility index (Phi) is 7.49. The lowest BCUT2D eigenvalue weighted by molar-refractivity contribution is -0.192.